The van der Waals surface area contributed by atoms with Crippen LogP contribution in [0.1, 0.15) is 27.7 Å². The molecule has 0 spiro atoms. The van der Waals surface area contributed by atoms with Gasteiger partial charge in [0.2, 0.25) is 0 Å². The van der Waals surface area contributed by atoms with Gasteiger partial charge in [0.05, 0.1) is 0 Å². The summed E-state index contributed by atoms with van der Waals surface area (Å²) in [6, 6.07) is 0. The predicted octanol–water partition coefficient (Wildman–Crippen LogP) is 1.26. The lowest BCUT2D eigenvalue weighted by atomic mass is 9.78. The molecule has 4 heteroatoms. The molecule has 1 aliphatic heterocycles. The van der Waals surface area contributed by atoms with Gasteiger partial charge in [-0.15, -0.1) is 0 Å². The molecule has 1 aliphatic rings. The van der Waals surface area contributed by atoms with Crippen LogP contribution in [-0.2, 0) is 0 Å². The molecule has 0 saturated heterocycles. The van der Waals surface area contributed by atoms with Crippen LogP contribution in [0.5, 0.6) is 0 Å². The number of rotatable bonds is 3. The van der Waals surface area contributed by atoms with Crippen LogP contribution in [0.25, 0.3) is 0 Å². The molecule has 12 heavy (non-hydrogen) atoms. The van der Waals surface area contributed by atoms with Gasteiger partial charge >= 0.3 is 0 Å². The Morgan fingerprint density at radius 3 is 2.42 bits per heavy atom. The van der Waals surface area contributed by atoms with Crippen molar-refractivity contribution in [2.75, 3.05) is 0 Å². The van der Waals surface area contributed by atoms with E-state index in [9.17, 15) is 0 Å². The number of nitrogens with one attached hydrogen (secondary N) is 2. The summed E-state index contributed by atoms with van der Waals surface area (Å²) >= 11 is 0. The SMILES string of the molecule is CC(C)[B]N1C=C(C(C)C)NN1. The molecule has 1 rings (SSSR count). The number of hydrazine groups is 2. The summed E-state index contributed by atoms with van der Waals surface area (Å²) in [6.45, 7) is 8.64. The Hall–Kier alpha value is -0.635. The Morgan fingerprint density at radius 2 is 2.00 bits per heavy atom. The molecule has 0 bridgehead atoms. The van der Waals surface area contributed by atoms with E-state index in [0.29, 0.717) is 11.7 Å². The van der Waals surface area contributed by atoms with Crippen molar-refractivity contribution in [2.24, 2.45) is 5.92 Å². The molecule has 0 unspecified atom stereocenters. The molecule has 0 fully saturated rings. The highest BCUT2D eigenvalue weighted by Crippen LogP contribution is 2.11. The highest BCUT2D eigenvalue weighted by Gasteiger charge is 2.14. The van der Waals surface area contributed by atoms with Crippen molar-refractivity contribution in [2.45, 2.75) is 33.5 Å². The number of hydrogen-bond donors (Lipinski definition) is 2. The zero-order chi connectivity index (χ0) is 9.14. The Kier molecular flexibility index (Phi) is 3.03. The molecule has 0 aliphatic carbocycles. The van der Waals surface area contributed by atoms with Gasteiger partial charge in [0.25, 0.3) is 7.41 Å². The van der Waals surface area contributed by atoms with E-state index in [1.807, 2.05) is 4.92 Å². The lowest BCUT2D eigenvalue weighted by Gasteiger charge is -2.15. The van der Waals surface area contributed by atoms with Gasteiger partial charge in [-0.1, -0.05) is 33.5 Å². The van der Waals surface area contributed by atoms with Crippen molar-refractivity contribution in [3.8, 4) is 0 Å². The summed E-state index contributed by atoms with van der Waals surface area (Å²) < 4.78 is 0. The second-order valence-electron chi connectivity index (χ2n) is 3.78. The first-order chi connectivity index (χ1) is 5.59. The van der Waals surface area contributed by atoms with Crippen LogP contribution in [0.4, 0.5) is 0 Å². The average Bonchev–Trinajstić information content (AvgIpc) is 2.34. The number of nitrogens with zero attached hydrogens (tertiary/aromatic N) is 1. The van der Waals surface area contributed by atoms with Gasteiger partial charge in [-0.05, 0) is 5.92 Å². The fourth-order valence-corrected chi connectivity index (χ4v) is 1.04. The number of hydrogen-bond acceptors (Lipinski definition) is 3. The van der Waals surface area contributed by atoms with Gasteiger partial charge < -0.3 is 10.3 Å². The first-order valence-electron chi connectivity index (χ1n) is 4.46. The molecule has 1 heterocycles. The standard InChI is InChI=1S/C8H17BN3/c1-6(2)8-5-12(11-10-8)9-7(3)4/h5-7,10-11H,1-4H3. The first kappa shape index (κ1) is 9.45. The van der Waals surface area contributed by atoms with Gasteiger partial charge in [0, 0.05) is 11.9 Å². The van der Waals surface area contributed by atoms with Gasteiger partial charge in [-0.25, -0.2) is 0 Å². The van der Waals surface area contributed by atoms with Crippen molar-refractivity contribution < 1.29 is 0 Å². The number of allylic oxidation sites excluding steroid dienone is 1. The van der Waals surface area contributed by atoms with E-state index < -0.39 is 0 Å². The topological polar surface area (TPSA) is 27.3 Å². The highest BCUT2D eigenvalue weighted by atomic mass is 15.7. The summed E-state index contributed by atoms with van der Waals surface area (Å²) in [4.78, 5) is 1.97. The molecule has 0 aromatic carbocycles. The molecular weight excluding hydrogens is 149 g/mol. The van der Waals surface area contributed by atoms with E-state index in [1.54, 1.807) is 0 Å². The Balaban J connectivity index is 2.42. The third-order valence-corrected chi connectivity index (χ3v) is 1.69. The van der Waals surface area contributed by atoms with Gasteiger partial charge in [-0.3, -0.25) is 0 Å². The molecule has 0 aromatic heterocycles. The van der Waals surface area contributed by atoms with Gasteiger partial charge in [-0.2, -0.15) is 5.53 Å². The minimum atomic E-state index is 0.545. The summed E-state index contributed by atoms with van der Waals surface area (Å²) in [5.41, 5.74) is 7.40. The fourth-order valence-electron chi connectivity index (χ4n) is 1.04. The Bertz CT molecular complexity index is 177. The second-order valence-corrected chi connectivity index (χ2v) is 3.78. The van der Waals surface area contributed by atoms with E-state index in [2.05, 4.69) is 52.3 Å². The third kappa shape index (κ3) is 2.45. The van der Waals surface area contributed by atoms with Gasteiger partial charge in [0.15, 0.2) is 0 Å². The van der Waals surface area contributed by atoms with Crippen LogP contribution in [0.15, 0.2) is 11.9 Å². The van der Waals surface area contributed by atoms with Crippen molar-refractivity contribution in [3.63, 3.8) is 0 Å². The largest absolute Gasteiger partial charge is 0.346 e. The third-order valence-electron chi connectivity index (χ3n) is 1.69. The highest BCUT2D eigenvalue weighted by molar-refractivity contribution is 6.34. The molecule has 0 aromatic rings. The van der Waals surface area contributed by atoms with Crippen LogP contribution in [0.2, 0.25) is 5.82 Å². The minimum Gasteiger partial charge on any atom is -0.346 e. The zero-order valence-electron chi connectivity index (χ0n) is 8.26. The lowest BCUT2D eigenvalue weighted by molar-refractivity contribution is 0.411. The summed E-state index contributed by atoms with van der Waals surface area (Å²) in [7, 11) is 2.13. The normalized spacial score (nSPS) is 16.8. The lowest BCUT2D eigenvalue weighted by Crippen LogP contribution is -2.39. The molecule has 2 N–H and O–H groups in total. The molecule has 0 atom stereocenters. The molecule has 67 valence electrons. The molecule has 0 saturated carbocycles. The van der Waals surface area contributed by atoms with E-state index >= 15 is 0 Å². The Labute approximate surface area is 75.4 Å². The van der Waals surface area contributed by atoms with Gasteiger partial charge in [0.1, 0.15) is 0 Å². The fraction of sp³-hybridized carbons (Fsp3) is 0.750. The van der Waals surface area contributed by atoms with Crippen molar-refractivity contribution >= 4 is 7.41 Å². The molecule has 3 nitrogen and oxygen atoms in total. The van der Waals surface area contributed by atoms with Crippen LogP contribution in [0.3, 0.4) is 0 Å². The van der Waals surface area contributed by atoms with E-state index in [0.717, 1.165) is 0 Å². The maximum Gasteiger partial charge on any atom is 0.274 e. The summed E-state index contributed by atoms with van der Waals surface area (Å²) in [5, 5.41) is 0. The quantitative estimate of drug-likeness (QED) is 0.618. The van der Waals surface area contributed by atoms with E-state index in [4.69, 9.17) is 0 Å². The van der Waals surface area contributed by atoms with E-state index in [1.165, 1.54) is 5.70 Å². The summed E-state index contributed by atoms with van der Waals surface area (Å²) in [6.07, 6.45) is 2.09. The van der Waals surface area contributed by atoms with Crippen molar-refractivity contribution in [1.29, 1.82) is 0 Å². The minimum absolute atomic E-state index is 0.545. The van der Waals surface area contributed by atoms with Crippen LogP contribution < -0.4 is 11.0 Å². The molecular formula is C8H17BN3. The average molecular weight is 166 g/mol. The van der Waals surface area contributed by atoms with Crippen LogP contribution in [0, 0.1) is 5.92 Å². The summed E-state index contributed by atoms with van der Waals surface area (Å²) in [5.74, 6) is 1.10. The molecule has 0 amide bonds. The monoisotopic (exact) mass is 166 g/mol. The van der Waals surface area contributed by atoms with Crippen molar-refractivity contribution in [1.82, 2.24) is 15.9 Å². The van der Waals surface area contributed by atoms with Crippen LogP contribution in [-0.4, -0.2) is 12.3 Å². The molecule has 1 radical (unpaired) electrons. The van der Waals surface area contributed by atoms with E-state index in [-0.39, 0.29) is 0 Å². The first-order valence-corrected chi connectivity index (χ1v) is 4.46. The smallest absolute Gasteiger partial charge is 0.274 e. The van der Waals surface area contributed by atoms with Crippen LogP contribution >= 0.6 is 0 Å². The maximum atomic E-state index is 3.12. The Morgan fingerprint density at radius 1 is 1.33 bits per heavy atom. The zero-order valence-corrected chi connectivity index (χ0v) is 8.26. The second kappa shape index (κ2) is 3.85. The predicted molar refractivity (Wildman–Crippen MR) is 51.9 cm³/mol. The maximum absolute atomic E-state index is 3.12. The van der Waals surface area contributed by atoms with Crippen molar-refractivity contribution in [3.05, 3.63) is 11.9 Å².